The Morgan fingerprint density at radius 3 is 2.33 bits per heavy atom. The minimum absolute atomic E-state index is 0.0665. The average molecular weight is 335 g/mol. The molecular weight excluding hydrogens is 306 g/mol. The second-order valence-electron chi connectivity index (χ2n) is 6.15. The van der Waals surface area contributed by atoms with Gasteiger partial charge in [-0.3, -0.25) is 14.5 Å². The molecule has 0 fully saturated rings. The maximum Gasteiger partial charge on any atom is 0.238 e. The summed E-state index contributed by atoms with van der Waals surface area (Å²) in [7, 11) is 1.56. The Morgan fingerprint density at radius 1 is 1.12 bits per heavy atom. The van der Waals surface area contributed by atoms with E-state index in [1.54, 1.807) is 24.1 Å². The summed E-state index contributed by atoms with van der Waals surface area (Å²) in [6.45, 7) is 8.99. The highest BCUT2D eigenvalue weighted by molar-refractivity contribution is 5.94. The third-order valence-electron chi connectivity index (χ3n) is 3.95. The maximum absolute atomic E-state index is 12.2. The molecule has 0 radical (unpaired) electrons. The molecule has 0 unspecified atom stereocenters. The SMILES string of the molecule is CCN(CC(=O)Nc1ccccc1OC)CC(=O)N[C@@H](C)C(C)C. The number of ether oxygens (including phenoxy) is 1. The fraction of sp³-hybridized carbons (Fsp3) is 0.556. The lowest BCUT2D eigenvalue weighted by Crippen LogP contribution is -2.44. The summed E-state index contributed by atoms with van der Waals surface area (Å²) in [4.78, 5) is 26.1. The van der Waals surface area contributed by atoms with Crippen molar-refractivity contribution in [3.63, 3.8) is 0 Å². The Hall–Kier alpha value is -2.08. The first-order valence-corrected chi connectivity index (χ1v) is 8.31. The van der Waals surface area contributed by atoms with Gasteiger partial charge in [0.05, 0.1) is 25.9 Å². The first kappa shape index (κ1) is 20.0. The number of nitrogens with zero attached hydrogens (tertiary/aromatic N) is 1. The molecule has 1 aromatic carbocycles. The molecule has 0 saturated heterocycles. The number of benzene rings is 1. The van der Waals surface area contributed by atoms with Gasteiger partial charge in [-0.25, -0.2) is 0 Å². The van der Waals surface area contributed by atoms with Crippen LogP contribution >= 0.6 is 0 Å². The third kappa shape index (κ3) is 6.58. The predicted molar refractivity (Wildman–Crippen MR) is 96.2 cm³/mol. The van der Waals surface area contributed by atoms with Crippen molar-refractivity contribution in [3.8, 4) is 5.75 Å². The first-order chi connectivity index (χ1) is 11.4. The number of carbonyl (C=O) groups is 2. The van der Waals surface area contributed by atoms with Crippen molar-refractivity contribution < 1.29 is 14.3 Å². The van der Waals surface area contributed by atoms with Crippen LogP contribution in [0.3, 0.4) is 0 Å². The van der Waals surface area contributed by atoms with Crippen molar-refractivity contribution >= 4 is 17.5 Å². The van der Waals surface area contributed by atoms with Crippen molar-refractivity contribution in [1.82, 2.24) is 10.2 Å². The normalized spacial score (nSPS) is 12.1. The molecule has 2 amide bonds. The molecule has 0 aliphatic heterocycles. The lowest BCUT2D eigenvalue weighted by Gasteiger charge is -2.22. The minimum atomic E-state index is -0.175. The second kappa shape index (κ2) is 9.93. The molecule has 1 rings (SSSR count). The fourth-order valence-electron chi connectivity index (χ4n) is 2.09. The van der Waals surface area contributed by atoms with Gasteiger partial charge in [0.15, 0.2) is 0 Å². The van der Waals surface area contributed by atoms with E-state index >= 15 is 0 Å². The van der Waals surface area contributed by atoms with Crippen molar-refractivity contribution in [1.29, 1.82) is 0 Å². The zero-order chi connectivity index (χ0) is 18.1. The number of hydrogen-bond donors (Lipinski definition) is 2. The third-order valence-corrected chi connectivity index (χ3v) is 3.95. The van der Waals surface area contributed by atoms with Gasteiger partial charge in [-0.15, -0.1) is 0 Å². The van der Waals surface area contributed by atoms with Gasteiger partial charge in [0, 0.05) is 6.04 Å². The molecule has 0 heterocycles. The zero-order valence-electron chi connectivity index (χ0n) is 15.3. The molecule has 134 valence electrons. The summed E-state index contributed by atoms with van der Waals surface area (Å²) < 4.78 is 5.22. The zero-order valence-corrected chi connectivity index (χ0v) is 15.3. The number of carbonyl (C=O) groups excluding carboxylic acids is 2. The van der Waals surface area contributed by atoms with Crippen LogP contribution in [0.1, 0.15) is 27.7 Å². The number of likely N-dealkylation sites (N-methyl/N-ethyl adjacent to an activating group) is 1. The number of anilines is 1. The van der Waals surface area contributed by atoms with Gasteiger partial charge >= 0.3 is 0 Å². The Bertz CT molecular complexity index is 546. The number of amides is 2. The van der Waals surface area contributed by atoms with E-state index in [4.69, 9.17) is 4.74 Å². The van der Waals surface area contributed by atoms with Crippen LogP contribution in [0, 0.1) is 5.92 Å². The summed E-state index contributed by atoms with van der Waals surface area (Å²) in [5, 5.41) is 5.77. The van der Waals surface area contributed by atoms with E-state index in [1.165, 1.54) is 0 Å². The van der Waals surface area contributed by atoms with Crippen LogP contribution in [0.4, 0.5) is 5.69 Å². The maximum atomic E-state index is 12.2. The van der Waals surface area contributed by atoms with E-state index in [2.05, 4.69) is 24.5 Å². The Labute approximate surface area is 144 Å². The van der Waals surface area contributed by atoms with E-state index in [0.717, 1.165) is 0 Å². The molecule has 0 bridgehead atoms. The van der Waals surface area contributed by atoms with Gasteiger partial charge in [0.2, 0.25) is 11.8 Å². The van der Waals surface area contributed by atoms with Gasteiger partial charge in [-0.05, 0) is 31.5 Å². The number of hydrogen-bond acceptors (Lipinski definition) is 4. The summed E-state index contributed by atoms with van der Waals surface area (Å²) in [5.41, 5.74) is 0.624. The van der Waals surface area contributed by atoms with Gasteiger partial charge in [0.25, 0.3) is 0 Å². The smallest absolute Gasteiger partial charge is 0.238 e. The van der Waals surface area contributed by atoms with E-state index in [9.17, 15) is 9.59 Å². The minimum Gasteiger partial charge on any atom is -0.495 e. The molecule has 1 atom stereocenters. The summed E-state index contributed by atoms with van der Waals surface area (Å²) >= 11 is 0. The van der Waals surface area contributed by atoms with Gasteiger partial charge in [-0.2, -0.15) is 0 Å². The standard InChI is InChI=1S/C18H29N3O3/c1-6-21(11-17(22)19-14(4)13(2)3)12-18(23)20-15-9-7-8-10-16(15)24-5/h7-10,13-14H,6,11-12H2,1-5H3,(H,19,22)(H,20,23)/t14-/m0/s1. The highest BCUT2D eigenvalue weighted by Crippen LogP contribution is 2.22. The Kier molecular flexibility index (Phi) is 8.26. The lowest BCUT2D eigenvalue weighted by molar-refractivity contribution is -0.124. The first-order valence-electron chi connectivity index (χ1n) is 8.31. The summed E-state index contributed by atoms with van der Waals surface area (Å²) in [6, 6.07) is 7.35. The molecule has 1 aromatic rings. The van der Waals surface area contributed by atoms with Crippen LogP contribution < -0.4 is 15.4 Å². The Morgan fingerprint density at radius 2 is 1.75 bits per heavy atom. The average Bonchev–Trinajstić information content (AvgIpc) is 2.54. The molecular formula is C18H29N3O3. The monoisotopic (exact) mass is 335 g/mol. The van der Waals surface area contributed by atoms with Crippen LogP contribution in [-0.2, 0) is 9.59 Å². The van der Waals surface area contributed by atoms with Crippen LogP contribution in [0.2, 0.25) is 0 Å². The number of nitrogens with one attached hydrogen (secondary N) is 2. The number of para-hydroxylation sites is 2. The molecule has 6 heteroatoms. The van der Waals surface area contributed by atoms with Crippen molar-refractivity contribution in [2.75, 3.05) is 32.1 Å². The highest BCUT2D eigenvalue weighted by atomic mass is 16.5. The van der Waals surface area contributed by atoms with E-state index in [1.807, 2.05) is 26.0 Å². The molecule has 0 saturated carbocycles. The van der Waals surface area contributed by atoms with E-state index in [0.29, 0.717) is 23.9 Å². The van der Waals surface area contributed by atoms with Crippen molar-refractivity contribution in [3.05, 3.63) is 24.3 Å². The van der Waals surface area contributed by atoms with Gasteiger partial charge < -0.3 is 15.4 Å². The summed E-state index contributed by atoms with van der Waals surface area (Å²) in [5.74, 6) is 0.740. The summed E-state index contributed by atoms with van der Waals surface area (Å²) in [6.07, 6.45) is 0. The van der Waals surface area contributed by atoms with Crippen molar-refractivity contribution in [2.24, 2.45) is 5.92 Å². The molecule has 0 spiro atoms. The van der Waals surface area contributed by atoms with Crippen LogP contribution in [0.15, 0.2) is 24.3 Å². The predicted octanol–water partition coefficient (Wildman–Crippen LogP) is 2.12. The van der Waals surface area contributed by atoms with Gasteiger partial charge in [-0.1, -0.05) is 32.9 Å². The Balaban J connectivity index is 2.55. The molecule has 2 N–H and O–H groups in total. The quantitative estimate of drug-likeness (QED) is 0.725. The topological polar surface area (TPSA) is 70.7 Å². The fourth-order valence-corrected chi connectivity index (χ4v) is 2.09. The molecule has 0 aliphatic rings. The lowest BCUT2D eigenvalue weighted by atomic mass is 10.1. The van der Waals surface area contributed by atoms with Gasteiger partial charge in [0.1, 0.15) is 5.75 Å². The number of rotatable bonds is 9. The second-order valence-corrected chi connectivity index (χ2v) is 6.15. The van der Waals surface area contributed by atoms with E-state index in [-0.39, 0.29) is 30.9 Å². The van der Waals surface area contributed by atoms with Crippen molar-refractivity contribution in [2.45, 2.75) is 33.7 Å². The van der Waals surface area contributed by atoms with E-state index < -0.39 is 0 Å². The molecule has 0 aliphatic carbocycles. The van der Waals surface area contributed by atoms with Crippen LogP contribution in [0.5, 0.6) is 5.75 Å². The molecule has 6 nitrogen and oxygen atoms in total. The molecule has 0 aromatic heterocycles. The largest absolute Gasteiger partial charge is 0.495 e. The highest BCUT2D eigenvalue weighted by Gasteiger charge is 2.16. The van der Waals surface area contributed by atoms with Crippen LogP contribution in [-0.4, -0.2) is 49.5 Å². The van der Waals surface area contributed by atoms with Crippen LogP contribution in [0.25, 0.3) is 0 Å². The number of methoxy groups -OCH3 is 1. The molecule has 24 heavy (non-hydrogen) atoms.